The summed E-state index contributed by atoms with van der Waals surface area (Å²) < 4.78 is 66.4. The van der Waals surface area contributed by atoms with Crippen molar-refractivity contribution in [3.8, 4) is 11.5 Å². The summed E-state index contributed by atoms with van der Waals surface area (Å²) in [7, 11) is 0. The number of nitrogens with two attached hydrogens (primary N) is 1. The Morgan fingerprint density at radius 1 is 1.04 bits per heavy atom. The molecule has 0 aliphatic rings. The highest BCUT2D eigenvalue weighted by Crippen LogP contribution is 2.32. The van der Waals surface area contributed by atoms with Crippen LogP contribution in [0.5, 0.6) is 11.5 Å². The zero-order valence-electron chi connectivity index (χ0n) is 11.3. The van der Waals surface area contributed by atoms with Crippen LogP contribution in [-0.2, 0) is 0 Å². The molecule has 0 fully saturated rings. The van der Waals surface area contributed by atoms with E-state index < -0.39 is 35.5 Å². The third-order valence-electron chi connectivity index (χ3n) is 2.86. The molecule has 3 N–H and O–H groups in total. The van der Waals surface area contributed by atoms with Crippen molar-refractivity contribution in [2.75, 3.05) is 0 Å². The SMILES string of the molecule is Cl.N[C@H](c1ccc(OC(F)(F)F)cc1)c1c(O)cc(F)cc1F. The Morgan fingerprint density at radius 3 is 2.09 bits per heavy atom. The van der Waals surface area contributed by atoms with Crippen molar-refractivity contribution >= 4 is 12.4 Å². The van der Waals surface area contributed by atoms with Gasteiger partial charge in [0.05, 0.1) is 11.6 Å². The van der Waals surface area contributed by atoms with Crippen molar-refractivity contribution in [3.63, 3.8) is 0 Å². The normalized spacial score (nSPS) is 12.4. The molecule has 0 heterocycles. The zero-order valence-corrected chi connectivity index (χ0v) is 12.1. The summed E-state index contributed by atoms with van der Waals surface area (Å²) in [5.74, 6) is -3.17. The lowest BCUT2D eigenvalue weighted by Crippen LogP contribution is -2.17. The van der Waals surface area contributed by atoms with Crippen LogP contribution in [0.3, 0.4) is 0 Å². The summed E-state index contributed by atoms with van der Waals surface area (Å²) >= 11 is 0. The summed E-state index contributed by atoms with van der Waals surface area (Å²) in [6.45, 7) is 0. The van der Waals surface area contributed by atoms with Crippen LogP contribution in [-0.4, -0.2) is 11.5 Å². The molecule has 2 aromatic carbocycles. The topological polar surface area (TPSA) is 55.5 Å². The van der Waals surface area contributed by atoms with Gasteiger partial charge in [-0.05, 0) is 17.7 Å². The zero-order chi connectivity index (χ0) is 16.5. The van der Waals surface area contributed by atoms with Gasteiger partial charge >= 0.3 is 6.36 Å². The maximum absolute atomic E-state index is 13.7. The van der Waals surface area contributed by atoms with Gasteiger partial charge in [0, 0.05) is 12.1 Å². The molecule has 2 rings (SSSR count). The Balaban J connectivity index is 0.00000264. The molecular weight excluding hydrogens is 345 g/mol. The van der Waals surface area contributed by atoms with Gasteiger partial charge in [0.15, 0.2) is 0 Å². The molecule has 9 heteroatoms. The second-order valence-corrected chi connectivity index (χ2v) is 4.41. The van der Waals surface area contributed by atoms with Crippen molar-refractivity contribution in [3.05, 3.63) is 59.2 Å². The minimum absolute atomic E-state index is 0. The van der Waals surface area contributed by atoms with Crippen LogP contribution in [0.4, 0.5) is 22.0 Å². The van der Waals surface area contributed by atoms with E-state index in [9.17, 15) is 27.1 Å². The average Bonchev–Trinajstić information content (AvgIpc) is 2.36. The van der Waals surface area contributed by atoms with E-state index in [0.29, 0.717) is 12.1 Å². The number of hydrogen-bond acceptors (Lipinski definition) is 3. The monoisotopic (exact) mass is 355 g/mol. The van der Waals surface area contributed by atoms with Crippen LogP contribution in [0.15, 0.2) is 36.4 Å². The number of benzene rings is 2. The molecule has 0 aliphatic heterocycles. The van der Waals surface area contributed by atoms with Crippen molar-refractivity contribution in [2.45, 2.75) is 12.4 Å². The van der Waals surface area contributed by atoms with Crippen LogP contribution in [0.2, 0.25) is 0 Å². The van der Waals surface area contributed by atoms with E-state index in [-0.39, 0.29) is 23.5 Å². The Labute approximate surface area is 133 Å². The number of halogens is 6. The lowest BCUT2D eigenvalue weighted by atomic mass is 9.98. The Kier molecular flexibility index (Phi) is 5.79. The molecular formula is C14H11ClF5NO2. The van der Waals surface area contributed by atoms with Gasteiger partial charge in [-0.2, -0.15) is 0 Å². The predicted octanol–water partition coefficient (Wildman–Crippen LogP) is 4.04. The predicted molar refractivity (Wildman–Crippen MR) is 74.4 cm³/mol. The standard InChI is InChI=1S/C14H10F5NO2.ClH/c15-8-5-10(16)12(11(21)6-8)13(20)7-1-3-9(4-2-7)22-14(17,18)19;/h1-6,13,21H,20H2;1H/t13-;/m1./s1. The molecule has 23 heavy (non-hydrogen) atoms. The summed E-state index contributed by atoms with van der Waals surface area (Å²) in [6.07, 6.45) is -4.83. The third-order valence-corrected chi connectivity index (χ3v) is 2.86. The van der Waals surface area contributed by atoms with Gasteiger partial charge in [0.25, 0.3) is 0 Å². The first-order chi connectivity index (χ1) is 10.2. The fraction of sp³-hybridized carbons (Fsp3) is 0.143. The third kappa shape index (κ3) is 4.70. The van der Waals surface area contributed by atoms with E-state index in [1.807, 2.05) is 0 Å². The van der Waals surface area contributed by atoms with E-state index in [1.54, 1.807) is 0 Å². The molecule has 0 saturated carbocycles. The highest BCUT2D eigenvalue weighted by atomic mass is 35.5. The minimum atomic E-state index is -4.83. The van der Waals surface area contributed by atoms with Crippen LogP contribution < -0.4 is 10.5 Å². The second kappa shape index (κ2) is 7.01. The van der Waals surface area contributed by atoms with Gasteiger partial charge in [-0.1, -0.05) is 12.1 Å². The Hall–Kier alpha value is -2.06. The lowest BCUT2D eigenvalue weighted by Gasteiger charge is -2.16. The smallest absolute Gasteiger partial charge is 0.507 e. The number of aromatic hydroxyl groups is 1. The number of rotatable bonds is 3. The van der Waals surface area contributed by atoms with E-state index >= 15 is 0 Å². The lowest BCUT2D eigenvalue weighted by molar-refractivity contribution is -0.274. The van der Waals surface area contributed by atoms with Crippen LogP contribution in [0, 0.1) is 11.6 Å². The molecule has 0 unspecified atom stereocenters. The maximum atomic E-state index is 13.7. The molecule has 0 bridgehead atoms. The summed E-state index contributed by atoms with van der Waals surface area (Å²) in [5, 5.41) is 9.58. The van der Waals surface area contributed by atoms with Gasteiger partial charge in [0.1, 0.15) is 23.1 Å². The van der Waals surface area contributed by atoms with E-state index in [0.717, 1.165) is 12.1 Å². The van der Waals surface area contributed by atoms with Gasteiger partial charge in [-0.25, -0.2) is 8.78 Å². The molecule has 0 saturated heterocycles. The molecule has 1 atom stereocenters. The fourth-order valence-corrected chi connectivity index (χ4v) is 1.92. The molecule has 126 valence electrons. The van der Waals surface area contributed by atoms with Crippen molar-refractivity contribution in [1.82, 2.24) is 0 Å². The van der Waals surface area contributed by atoms with Crippen LogP contribution in [0.1, 0.15) is 17.2 Å². The van der Waals surface area contributed by atoms with E-state index in [4.69, 9.17) is 5.73 Å². The average molecular weight is 356 g/mol. The maximum Gasteiger partial charge on any atom is 0.573 e. The van der Waals surface area contributed by atoms with Crippen molar-refractivity contribution < 1.29 is 31.8 Å². The van der Waals surface area contributed by atoms with E-state index in [1.165, 1.54) is 12.1 Å². The van der Waals surface area contributed by atoms with E-state index in [2.05, 4.69) is 4.74 Å². The van der Waals surface area contributed by atoms with Gasteiger partial charge in [-0.15, -0.1) is 25.6 Å². The van der Waals surface area contributed by atoms with Crippen LogP contribution >= 0.6 is 12.4 Å². The first-order valence-electron chi connectivity index (χ1n) is 5.96. The molecule has 3 nitrogen and oxygen atoms in total. The highest BCUT2D eigenvalue weighted by Gasteiger charge is 2.31. The molecule has 0 spiro atoms. The molecule has 2 aromatic rings. The first-order valence-corrected chi connectivity index (χ1v) is 5.96. The summed E-state index contributed by atoms with van der Waals surface area (Å²) in [4.78, 5) is 0. The first kappa shape index (κ1) is 19.0. The number of phenolic OH excluding ortho intramolecular Hbond substituents is 1. The number of hydrogen-bond donors (Lipinski definition) is 2. The molecule has 0 amide bonds. The summed E-state index contributed by atoms with van der Waals surface area (Å²) in [5.41, 5.74) is 5.62. The van der Waals surface area contributed by atoms with Gasteiger partial charge < -0.3 is 15.6 Å². The van der Waals surface area contributed by atoms with Crippen molar-refractivity contribution in [1.29, 1.82) is 0 Å². The Morgan fingerprint density at radius 2 is 1.61 bits per heavy atom. The minimum Gasteiger partial charge on any atom is -0.507 e. The highest BCUT2D eigenvalue weighted by molar-refractivity contribution is 5.85. The van der Waals surface area contributed by atoms with Crippen molar-refractivity contribution in [2.24, 2.45) is 5.73 Å². The van der Waals surface area contributed by atoms with Gasteiger partial charge in [-0.3, -0.25) is 0 Å². The summed E-state index contributed by atoms with van der Waals surface area (Å²) in [6, 6.07) is 4.44. The fourth-order valence-electron chi connectivity index (χ4n) is 1.92. The second-order valence-electron chi connectivity index (χ2n) is 4.41. The largest absolute Gasteiger partial charge is 0.573 e. The molecule has 0 aromatic heterocycles. The Bertz CT molecular complexity index is 653. The molecule has 0 radical (unpaired) electrons. The number of alkyl halides is 3. The number of phenols is 1. The quantitative estimate of drug-likeness (QED) is 0.817. The van der Waals surface area contributed by atoms with Gasteiger partial charge in [0.2, 0.25) is 0 Å². The van der Waals surface area contributed by atoms with Crippen LogP contribution in [0.25, 0.3) is 0 Å². The molecule has 0 aliphatic carbocycles. The number of ether oxygens (including phenoxy) is 1.